The molecule has 0 aliphatic rings. The van der Waals surface area contributed by atoms with E-state index in [-0.39, 0.29) is 18.4 Å². The summed E-state index contributed by atoms with van der Waals surface area (Å²) in [6.45, 7) is 4.28. The molecule has 0 saturated carbocycles. The summed E-state index contributed by atoms with van der Waals surface area (Å²) >= 11 is 0. The monoisotopic (exact) mass is 332 g/mol. The lowest BCUT2D eigenvalue weighted by Gasteiger charge is -2.08. The van der Waals surface area contributed by atoms with E-state index in [4.69, 9.17) is 4.74 Å². The molecule has 23 heavy (non-hydrogen) atoms. The third kappa shape index (κ3) is 2.91. The Hall–Kier alpha value is -2.07. The average molecular weight is 333 g/mol. The zero-order valence-corrected chi connectivity index (χ0v) is 14.4. The molecule has 0 saturated heterocycles. The van der Waals surface area contributed by atoms with Crippen LogP contribution >= 0.6 is 12.4 Å². The molecule has 0 N–H and O–H groups in total. The number of pyridine rings is 1. The van der Waals surface area contributed by atoms with Crippen molar-refractivity contribution in [1.82, 2.24) is 9.55 Å². The second-order valence-corrected chi connectivity index (χ2v) is 5.40. The van der Waals surface area contributed by atoms with Gasteiger partial charge in [0.1, 0.15) is 5.69 Å². The highest BCUT2D eigenvalue weighted by Crippen LogP contribution is 2.30. The molecular formula is C18H21ClN2O2. The summed E-state index contributed by atoms with van der Waals surface area (Å²) in [6.07, 6.45) is 1.82. The molecule has 3 aromatic rings. The second kappa shape index (κ2) is 7.01. The number of esters is 1. The fourth-order valence-electron chi connectivity index (χ4n) is 3.01. The van der Waals surface area contributed by atoms with Crippen molar-refractivity contribution >= 4 is 40.2 Å². The number of carbonyl (C=O) groups is 1. The normalized spacial score (nSPS) is 10.7. The van der Waals surface area contributed by atoms with Crippen molar-refractivity contribution in [2.24, 2.45) is 7.05 Å². The highest BCUT2D eigenvalue weighted by atomic mass is 35.5. The standard InChI is InChI=1S/C18H20N2O2.ClH/c1-4-8-14-17-13(11-15(19-14)18(21)22-5-2)12-9-6-7-10-16(12)20(17)3;/h6-7,9-11H,4-5,8H2,1-3H3;1H. The van der Waals surface area contributed by atoms with Gasteiger partial charge in [-0.15, -0.1) is 12.4 Å². The Kier molecular flexibility index (Phi) is 5.26. The molecule has 0 spiro atoms. The quantitative estimate of drug-likeness (QED) is 0.670. The molecule has 2 aromatic heterocycles. The first-order valence-corrected chi connectivity index (χ1v) is 7.71. The van der Waals surface area contributed by atoms with E-state index in [1.54, 1.807) is 6.92 Å². The molecule has 0 aliphatic carbocycles. The topological polar surface area (TPSA) is 44.1 Å². The molecule has 4 nitrogen and oxygen atoms in total. The van der Waals surface area contributed by atoms with Gasteiger partial charge in [0, 0.05) is 23.3 Å². The van der Waals surface area contributed by atoms with Gasteiger partial charge in [-0.2, -0.15) is 0 Å². The first kappa shape index (κ1) is 17.3. The third-order valence-corrected chi connectivity index (χ3v) is 3.93. The van der Waals surface area contributed by atoms with Gasteiger partial charge in [0.25, 0.3) is 0 Å². The van der Waals surface area contributed by atoms with Crippen LogP contribution in [0.5, 0.6) is 0 Å². The molecule has 0 amide bonds. The Morgan fingerprint density at radius 1 is 1.22 bits per heavy atom. The fraction of sp³-hybridized carbons (Fsp3) is 0.333. The minimum atomic E-state index is -0.352. The summed E-state index contributed by atoms with van der Waals surface area (Å²) in [5.74, 6) is -0.352. The van der Waals surface area contributed by atoms with Gasteiger partial charge in [-0.05, 0) is 25.5 Å². The van der Waals surface area contributed by atoms with E-state index in [1.165, 1.54) is 0 Å². The smallest absolute Gasteiger partial charge is 0.356 e. The zero-order valence-electron chi connectivity index (χ0n) is 13.6. The van der Waals surface area contributed by atoms with Crippen molar-refractivity contribution < 1.29 is 9.53 Å². The lowest BCUT2D eigenvalue weighted by Crippen LogP contribution is -2.09. The number of hydrogen-bond donors (Lipinski definition) is 0. The molecule has 3 rings (SSSR count). The Morgan fingerprint density at radius 2 is 1.96 bits per heavy atom. The maximum atomic E-state index is 12.1. The van der Waals surface area contributed by atoms with Crippen molar-refractivity contribution in [3.8, 4) is 0 Å². The summed E-state index contributed by atoms with van der Waals surface area (Å²) in [7, 11) is 2.05. The number of aryl methyl sites for hydroxylation is 2. The SMILES string of the molecule is CCCc1nc(C(=O)OCC)cc2c3ccccc3n(C)c12.Cl. The summed E-state index contributed by atoms with van der Waals surface area (Å²) in [5.41, 5.74) is 3.62. The number of aromatic nitrogens is 2. The van der Waals surface area contributed by atoms with E-state index >= 15 is 0 Å². The fourth-order valence-corrected chi connectivity index (χ4v) is 3.01. The number of fused-ring (bicyclic) bond motifs is 3. The first-order valence-electron chi connectivity index (χ1n) is 7.71. The molecule has 0 fully saturated rings. The van der Waals surface area contributed by atoms with Crippen LogP contribution in [0.4, 0.5) is 0 Å². The number of hydrogen-bond acceptors (Lipinski definition) is 3. The van der Waals surface area contributed by atoms with Crippen LogP contribution < -0.4 is 0 Å². The van der Waals surface area contributed by atoms with Crippen LogP contribution in [-0.2, 0) is 18.2 Å². The minimum absolute atomic E-state index is 0. The van der Waals surface area contributed by atoms with E-state index in [0.717, 1.165) is 40.3 Å². The maximum absolute atomic E-state index is 12.1. The van der Waals surface area contributed by atoms with E-state index in [9.17, 15) is 4.79 Å². The lowest BCUT2D eigenvalue weighted by atomic mass is 10.1. The van der Waals surface area contributed by atoms with Crippen LogP contribution in [0, 0.1) is 0 Å². The van der Waals surface area contributed by atoms with Crippen molar-refractivity contribution in [2.75, 3.05) is 6.61 Å². The molecule has 5 heteroatoms. The van der Waals surface area contributed by atoms with Gasteiger partial charge < -0.3 is 9.30 Å². The maximum Gasteiger partial charge on any atom is 0.356 e. The molecule has 0 radical (unpaired) electrons. The average Bonchev–Trinajstić information content (AvgIpc) is 2.82. The zero-order chi connectivity index (χ0) is 15.7. The van der Waals surface area contributed by atoms with Gasteiger partial charge in [0.15, 0.2) is 0 Å². The summed E-state index contributed by atoms with van der Waals surface area (Å²) < 4.78 is 7.28. The van der Waals surface area contributed by atoms with Crippen LogP contribution in [0.15, 0.2) is 30.3 Å². The summed E-state index contributed by atoms with van der Waals surface area (Å²) in [5, 5.41) is 2.21. The Bertz CT molecular complexity index is 855. The van der Waals surface area contributed by atoms with Crippen molar-refractivity contribution in [1.29, 1.82) is 0 Å². The molecule has 0 atom stereocenters. The van der Waals surface area contributed by atoms with Crippen LogP contribution in [0.2, 0.25) is 0 Å². The molecule has 0 unspecified atom stereocenters. The minimum Gasteiger partial charge on any atom is -0.461 e. The Morgan fingerprint density at radius 3 is 2.65 bits per heavy atom. The largest absolute Gasteiger partial charge is 0.461 e. The predicted molar refractivity (Wildman–Crippen MR) is 95.4 cm³/mol. The number of halogens is 1. The summed E-state index contributed by atoms with van der Waals surface area (Å²) in [6, 6.07) is 10.1. The van der Waals surface area contributed by atoms with Crippen LogP contribution in [0.3, 0.4) is 0 Å². The van der Waals surface area contributed by atoms with E-state index in [0.29, 0.717) is 12.3 Å². The highest BCUT2D eigenvalue weighted by Gasteiger charge is 2.17. The third-order valence-electron chi connectivity index (χ3n) is 3.93. The number of ether oxygens (including phenoxy) is 1. The molecule has 0 bridgehead atoms. The van der Waals surface area contributed by atoms with Crippen molar-refractivity contribution in [3.63, 3.8) is 0 Å². The van der Waals surface area contributed by atoms with Gasteiger partial charge >= 0.3 is 5.97 Å². The highest BCUT2D eigenvalue weighted by molar-refractivity contribution is 6.10. The van der Waals surface area contributed by atoms with Gasteiger partial charge in [-0.25, -0.2) is 9.78 Å². The number of para-hydroxylation sites is 1. The lowest BCUT2D eigenvalue weighted by molar-refractivity contribution is 0.0519. The number of carbonyl (C=O) groups excluding carboxylic acids is 1. The van der Waals surface area contributed by atoms with Gasteiger partial charge in [0.2, 0.25) is 0 Å². The first-order chi connectivity index (χ1) is 10.7. The molecule has 0 aliphatic heterocycles. The van der Waals surface area contributed by atoms with Crippen molar-refractivity contribution in [3.05, 3.63) is 41.7 Å². The number of rotatable bonds is 4. The Balaban J connectivity index is 0.00000192. The van der Waals surface area contributed by atoms with Crippen LogP contribution in [0.1, 0.15) is 36.5 Å². The van der Waals surface area contributed by atoms with Gasteiger partial charge in [-0.1, -0.05) is 31.5 Å². The molecule has 1 aromatic carbocycles. The van der Waals surface area contributed by atoms with E-state index < -0.39 is 0 Å². The molecular weight excluding hydrogens is 312 g/mol. The number of benzene rings is 1. The Labute approximate surface area is 141 Å². The van der Waals surface area contributed by atoms with Gasteiger partial charge in [0.05, 0.1) is 17.8 Å². The van der Waals surface area contributed by atoms with Crippen molar-refractivity contribution in [2.45, 2.75) is 26.7 Å². The van der Waals surface area contributed by atoms with Crippen LogP contribution in [-0.4, -0.2) is 22.1 Å². The second-order valence-electron chi connectivity index (χ2n) is 5.40. The van der Waals surface area contributed by atoms with E-state index in [2.05, 4.69) is 35.7 Å². The predicted octanol–water partition coefficient (Wildman–Crippen LogP) is 4.28. The van der Waals surface area contributed by atoms with Crippen LogP contribution in [0.25, 0.3) is 21.8 Å². The molecule has 2 heterocycles. The molecule has 122 valence electrons. The summed E-state index contributed by atoms with van der Waals surface area (Å²) in [4.78, 5) is 16.7. The van der Waals surface area contributed by atoms with Gasteiger partial charge in [-0.3, -0.25) is 0 Å². The van der Waals surface area contributed by atoms with E-state index in [1.807, 2.05) is 18.2 Å². The number of nitrogens with zero attached hydrogens (tertiary/aromatic N) is 2.